The summed E-state index contributed by atoms with van der Waals surface area (Å²) in [7, 11) is 1.73. The molecule has 0 aliphatic carbocycles. The van der Waals surface area contributed by atoms with Crippen LogP contribution in [0.15, 0.2) is 12.1 Å². The molecule has 0 saturated heterocycles. The van der Waals surface area contributed by atoms with E-state index in [1.54, 1.807) is 20.0 Å². The molecule has 0 heterocycles. The number of hydrogen-bond acceptors (Lipinski definition) is 4. The van der Waals surface area contributed by atoms with Gasteiger partial charge in [0.2, 0.25) is 0 Å². The van der Waals surface area contributed by atoms with Gasteiger partial charge in [0.15, 0.2) is 11.5 Å². The SMILES string of the molecule is CNC[C@H](O)c1ccc(O)c(O)c1C. The van der Waals surface area contributed by atoms with E-state index in [0.29, 0.717) is 17.7 Å². The first-order valence-corrected chi connectivity index (χ1v) is 4.42. The molecule has 0 bridgehead atoms. The Kier molecular flexibility index (Phi) is 3.33. The molecule has 1 aromatic carbocycles. The number of benzene rings is 1. The van der Waals surface area contributed by atoms with Crippen molar-refractivity contribution in [3.8, 4) is 11.5 Å². The topological polar surface area (TPSA) is 72.7 Å². The van der Waals surface area contributed by atoms with E-state index in [9.17, 15) is 15.3 Å². The van der Waals surface area contributed by atoms with Crippen LogP contribution in [0.4, 0.5) is 0 Å². The van der Waals surface area contributed by atoms with E-state index in [4.69, 9.17) is 0 Å². The highest BCUT2D eigenvalue weighted by molar-refractivity contribution is 5.48. The molecule has 0 spiro atoms. The standard InChI is InChI=1S/C10H15NO3/c1-6-7(9(13)5-11-2)3-4-8(12)10(6)14/h3-4,9,11-14H,5H2,1-2H3/t9-/m0/s1. The predicted octanol–water partition coefficient (Wildman–Crippen LogP) is 0.659. The summed E-state index contributed by atoms with van der Waals surface area (Å²) in [6.07, 6.45) is -0.675. The highest BCUT2D eigenvalue weighted by Gasteiger charge is 2.13. The molecule has 78 valence electrons. The zero-order valence-corrected chi connectivity index (χ0v) is 8.28. The average molecular weight is 197 g/mol. The van der Waals surface area contributed by atoms with Crippen LogP contribution in [0.5, 0.6) is 11.5 Å². The molecule has 0 aliphatic rings. The highest BCUT2D eigenvalue weighted by atomic mass is 16.3. The molecule has 4 nitrogen and oxygen atoms in total. The van der Waals surface area contributed by atoms with Gasteiger partial charge in [-0.15, -0.1) is 0 Å². The maximum absolute atomic E-state index is 9.66. The van der Waals surface area contributed by atoms with Crippen molar-refractivity contribution in [3.63, 3.8) is 0 Å². The van der Waals surface area contributed by atoms with Crippen molar-refractivity contribution in [2.45, 2.75) is 13.0 Å². The van der Waals surface area contributed by atoms with Crippen LogP contribution in [0, 0.1) is 6.92 Å². The Morgan fingerprint density at radius 2 is 2.00 bits per heavy atom. The third kappa shape index (κ3) is 1.97. The minimum absolute atomic E-state index is 0.164. The second-order valence-corrected chi connectivity index (χ2v) is 3.22. The Morgan fingerprint density at radius 1 is 1.36 bits per heavy atom. The second kappa shape index (κ2) is 4.30. The zero-order valence-electron chi connectivity index (χ0n) is 8.28. The van der Waals surface area contributed by atoms with E-state index < -0.39 is 6.10 Å². The largest absolute Gasteiger partial charge is 0.504 e. The van der Waals surface area contributed by atoms with Gasteiger partial charge in [-0.2, -0.15) is 0 Å². The first kappa shape index (κ1) is 10.8. The van der Waals surface area contributed by atoms with Crippen LogP contribution in [0.25, 0.3) is 0 Å². The molecule has 0 amide bonds. The monoisotopic (exact) mass is 197 g/mol. The molecule has 0 unspecified atom stereocenters. The zero-order chi connectivity index (χ0) is 10.7. The Balaban J connectivity index is 3.04. The van der Waals surface area contributed by atoms with Crippen molar-refractivity contribution in [2.24, 2.45) is 0 Å². The van der Waals surface area contributed by atoms with Crippen molar-refractivity contribution in [1.29, 1.82) is 0 Å². The number of hydrogen-bond donors (Lipinski definition) is 4. The lowest BCUT2D eigenvalue weighted by Crippen LogP contribution is -2.17. The third-order valence-electron chi connectivity index (χ3n) is 2.21. The van der Waals surface area contributed by atoms with Crippen LogP contribution < -0.4 is 5.32 Å². The molecule has 0 aromatic heterocycles. The minimum Gasteiger partial charge on any atom is -0.504 e. The summed E-state index contributed by atoms with van der Waals surface area (Å²) >= 11 is 0. The van der Waals surface area contributed by atoms with Crippen LogP contribution in [0.1, 0.15) is 17.2 Å². The van der Waals surface area contributed by atoms with Gasteiger partial charge in [0.25, 0.3) is 0 Å². The van der Waals surface area contributed by atoms with Gasteiger partial charge in [0.05, 0.1) is 6.10 Å². The van der Waals surface area contributed by atoms with Crippen molar-refractivity contribution in [1.82, 2.24) is 5.32 Å². The molecule has 14 heavy (non-hydrogen) atoms. The Labute approximate surface area is 82.8 Å². The summed E-state index contributed by atoms with van der Waals surface area (Å²) in [5, 5.41) is 31.1. The first-order valence-electron chi connectivity index (χ1n) is 4.42. The Hall–Kier alpha value is -1.26. The van der Waals surface area contributed by atoms with Crippen LogP contribution >= 0.6 is 0 Å². The van der Waals surface area contributed by atoms with Gasteiger partial charge in [-0.05, 0) is 25.6 Å². The van der Waals surface area contributed by atoms with Gasteiger partial charge < -0.3 is 20.6 Å². The lowest BCUT2D eigenvalue weighted by molar-refractivity contribution is 0.176. The van der Waals surface area contributed by atoms with Crippen LogP contribution in [-0.4, -0.2) is 28.9 Å². The Morgan fingerprint density at radius 3 is 2.57 bits per heavy atom. The molecular weight excluding hydrogens is 182 g/mol. The van der Waals surface area contributed by atoms with Gasteiger partial charge in [-0.25, -0.2) is 0 Å². The number of aliphatic hydroxyl groups is 1. The number of phenols is 2. The number of phenolic OH excluding ortho intramolecular Hbond substituents is 2. The second-order valence-electron chi connectivity index (χ2n) is 3.22. The molecule has 0 saturated carbocycles. The molecular formula is C10H15NO3. The molecule has 0 aliphatic heterocycles. The Bertz CT molecular complexity index is 325. The van der Waals surface area contributed by atoms with Crippen molar-refractivity contribution in [2.75, 3.05) is 13.6 Å². The normalized spacial score (nSPS) is 12.8. The van der Waals surface area contributed by atoms with Gasteiger partial charge in [-0.3, -0.25) is 0 Å². The van der Waals surface area contributed by atoms with Gasteiger partial charge >= 0.3 is 0 Å². The van der Waals surface area contributed by atoms with Crippen LogP contribution in [0.3, 0.4) is 0 Å². The quantitative estimate of drug-likeness (QED) is 0.537. The summed E-state index contributed by atoms with van der Waals surface area (Å²) in [5.74, 6) is -0.333. The molecule has 4 N–H and O–H groups in total. The van der Waals surface area contributed by atoms with E-state index in [0.717, 1.165) is 0 Å². The predicted molar refractivity (Wildman–Crippen MR) is 53.4 cm³/mol. The van der Waals surface area contributed by atoms with E-state index in [1.807, 2.05) is 0 Å². The van der Waals surface area contributed by atoms with Crippen molar-refractivity contribution >= 4 is 0 Å². The average Bonchev–Trinajstić information content (AvgIpc) is 2.15. The summed E-state index contributed by atoms with van der Waals surface area (Å²) in [5.41, 5.74) is 1.13. The molecule has 1 rings (SSSR count). The summed E-state index contributed by atoms with van der Waals surface area (Å²) in [6, 6.07) is 2.98. The number of rotatable bonds is 3. The molecule has 0 radical (unpaired) electrons. The third-order valence-corrected chi connectivity index (χ3v) is 2.21. The van der Waals surface area contributed by atoms with Gasteiger partial charge in [0.1, 0.15) is 0 Å². The lowest BCUT2D eigenvalue weighted by atomic mass is 10.0. The summed E-state index contributed by atoms with van der Waals surface area (Å²) in [4.78, 5) is 0. The summed E-state index contributed by atoms with van der Waals surface area (Å²) in [6.45, 7) is 2.06. The molecule has 0 fully saturated rings. The smallest absolute Gasteiger partial charge is 0.160 e. The fourth-order valence-electron chi connectivity index (χ4n) is 1.37. The van der Waals surface area contributed by atoms with Gasteiger partial charge in [0, 0.05) is 12.1 Å². The lowest BCUT2D eigenvalue weighted by Gasteiger charge is -2.14. The number of aliphatic hydroxyl groups excluding tert-OH is 1. The van der Waals surface area contributed by atoms with Crippen LogP contribution in [-0.2, 0) is 0 Å². The van der Waals surface area contributed by atoms with E-state index in [1.165, 1.54) is 6.07 Å². The maximum atomic E-state index is 9.66. The van der Waals surface area contributed by atoms with E-state index in [2.05, 4.69) is 5.32 Å². The van der Waals surface area contributed by atoms with Crippen LogP contribution in [0.2, 0.25) is 0 Å². The fraction of sp³-hybridized carbons (Fsp3) is 0.400. The maximum Gasteiger partial charge on any atom is 0.160 e. The number of nitrogens with one attached hydrogen (secondary N) is 1. The molecule has 4 heteroatoms. The van der Waals surface area contributed by atoms with E-state index >= 15 is 0 Å². The summed E-state index contributed by atoms with van der Waals surface area (Å²) < 4.78 is 0. The fourth-order valence-corrected chi connectivity index (χ4v) is 1.37. The first-order chi connectivity index (χ1) is 6.57. The molecule has 1 atom stereocenters. The van der Waals surface area contributed by atoms with E-state index in [-0.39, 0.29) is 11.5 Å². The van der Waals surface area contributed by atoms with Gasteiger partial charge in [-0.1, -0.05) is 6.07 Å². The van der Waals surface area contributed by atoms with Crippen molar-refractivity contribution < 1.29 is 15.3 Å². The number of likely N-dealkylation sites (N-methyl/N-ethyl adjacent to an activating group) is 1. The minimum atomic E-state index is -0.675. The molecule has 1 aromatic rings. The van der Waals surface area contributed by atoms with Crippen molar-refractivity contribution in [3.05, 3.63) is 23.3 Å². The highest BCUT2D eigenvalue weighted by Crippen LogP contribution is 2.32. The number of aromatic hydroxyl groups is 2.